The summed E-state index contributed by atoms with van der Waals surface area (Å²) in [6.07, 6.45) is 19.6. The minimum absolute atomic E-state index is 0.159. The van der Waals surface area contributed by atoms with Gasteiger partial charge in [-0.3, -0.25) is 4.90 Å². The molecule has 1 amide bonds. The van der Waals surface area contributed by atoms with Crippen LogP contribution in [0, 0.1) is 0 Å². The third kappa shape index (κ3) is 14.8. The molecule has 0 radical (unpaired) electrons. The number of nitrogens with zero attached hydrogens (tertiary/aromatic N) is 2. The molecule has 1 saturated heterocycles. The summed E-state index contributed by atoms with van der Waals surface area (Å²) in [4.78, 5) is 16.5. The van der Waals surface area contributed by atoms with E-state index in [0.717, 1.165) is 26.2 Å². The molecule has 1 fully saturated rings. The fourth-order valence-corrected chi connectivity index (χ4v) is 4.01. The van der Waals surface area contributed by atoms with E-state index < -0.39 is 5.60 Å². The van der Waals surface area contributed by atoms with Gasteiger partial charge in [0.15, 0.2) is 0 Å². The van der Waals surface area contributed by atoms with Crippen molar-refractivity contribution in [2.75, 3.05) is 32.7 Å². The van der Waals surface area contributed by atoms with Crippen molar-refractivity contribution in [1.29, 1.82) is 0 Å². The van der Waals surface area contributed by atoms with E-state index in [1.54, 1.807) is 0 Å². The van der Waals surface area contributed by atoms with E-state index in [-0.39, 0.29) is 6.09 Å². The van der Waals surface area contributed by atoms with Gasteiger partial charge < -0.3 is 9.64 Å². The van der Waals surface area contributed by atoms with Crippen LogP contribution in [0.4, 0.5) is 4.79 Å². The zero-order valence-electron chi connectivity index (χ0n) is 20.1. The highest BCUT2D eigenvalue weighted by Gasteiger charge is 2.25. The van der Waals surface area contributed by atoms with Crippen molar-refractivity contribution in [2.45, 2.75) is 123 Å². The monoisotopic (exact) mass is 410 g/mol. The number of amides is 1. The Kier molecular flexibility index (Phi) is 14.5. The van der Waals surface area contributed by atoms with E-state index in [2.05, 4.69) is 11.8 Å². The molecular formula is C25H50N2O2. The molecule has 0 aromatic heterocycles. The van der Waals surface area contributed by atoms with E-state index in [0.29, 0.717) is 0 Å². The summed E-state index contributed by atoms with van der Waals surface area (Å²) < 4.78 is 5.47. The van der Waals surface area contributed by atoms with Gasteiger partial charge in [-0.05, 0) is 33.7 Å². The maximum Gasteiger partial charge on any atom is 0.410 e. The van der Waals surface area contributed by atoms with Crippen LogP contribution < -0.4 is 0 Å². The first kappa shape index (κ1) is 26.3. The summed E-state index contributed by atoms with van der Waals surface area (Å²) in [6.45, 7) is 12.8. The van der Waals surface area contributed by atoms with Gasteiger partial charge in [0.05, 0.1) is 0 Å². The van der Waals surface area contributed by atoms with Crippen molar-refractivity contribution in [3.05, 3.63) is 0 Å². The van der Waals surface area contributed by atoms with Gasteiger partial charge in [-0.2, -0.15) is 0 Å². The second-order valence-electron chi connectivity index (χ2n) is 9.91. The zero-order chi connectivity index (χ0) is 21.4. The first-order chi connectivity index (χ1) is 13.9. The number of ether oxygens (including phenoxy) is 1. The molecule has 29 heavy (non-hydrogen) atoms. The van der Waals surface area contributed by atoms with E-state index in [4.69, 9.17) is 4.74 Å². The largest absolute Gasteiger partial charge is 0.444 e. The average Bonchev–Trinajstić information content (AvgIpc) is 2.67. The van der Waals surface area contributed by atoms with Crippen LogP contribution in [0.5, 0.6) is 0 Å². The molecule has 4 nitrogen and oxygen atoms in total. The first-order valence-corrected chi connectivity index (χ1v) is 12.6. The number of carbonyl (C=O) groups excluding carboxylic acids is 1. The van der Waals surface area contributed by atoms with Gasteiger partial charge in [0.2, 0.25) is 0 Å². The lowest BCUT2D eigenvalue weighted by molar-refractivity contribution is 0.0144. The fourth-order valence-electron chi connectivity index (χ4n) is 4.01. The molecule has 0 aromatic rings. The predicted octanol–water partition coefficient (Wildman–Crippen LogP) is 7.02. The molecule has 0 spiro atoms. The van der Waals surface area contributed by atoms with Crippen LogP contribution in [-0.2, 0) is 4.74 Å². The van der Waals surface area contributed by atoms with Gasteiger partial charge in [0.25, 0.3) is 0 Å². The molecular weight excluding hydrogens is 360 g/mol. The van der Waals surface area contributed by atoms with Crippen molar-refractivity contribution in [2.24, 2.45) is 0 Å². The number of carbonyl (C=O) groups is 1. The average molecular weight is 411 g/mol. The van der Waals surface area contributed by atoms with Crippen molar-refractivity contribution in [1.82, 2.24) is 9.80 Å². The Balaban J connectivity index is 1.86. The number of hydrogen-bond donors (Lipinski definition) is 0. The summed E-state index contributed by atoms with van der Waals surface area (Å²) in [5, 5.41) is 0. The van der Waals surface area contributed by atoms with E-state index in [1.807, 2.05) is 25.7 Å². The van der Waals surface area contributed by atoms with Crippen LogP contribution in [0.25, 0.3) is 0 Å². The molecule has 0 aromatic carbocycles. The first-order valence-electron chi connectivity index (χ1n) is 12.6. The predicted molar refractivity (Wildman–Crippen MR) is 125 cm³/mol. The summed E-state index contributed by atoms with van der Waals surface area (Å²) in [5.74, 6) is 0. The van der Waals surface area contributed by atoms with Crippen LogP contribution in [0.3, 0.4) is 0 Å². The SMILES string of the molecule is CCCCCCCCCCCCCCCCN1CCN(C(=O)OC(C)(C)C)CC1. The molecule has 0 N–H and O–H groups in total. The number of unbranched alkanes of at least 4 members (excludes halogenated alkanes) is 13. The van der Waals surface area contributed by atoms with Crippen LogP contribution in [-0.4, -0.2) is 54.2 Å². The lowest BCUT2D eigenvalue weighted by Gasteiger charge is -2.35. The Bertz CT molecular complexity index is 398. The Labute approximate surface area is 181 Å². The molecule has 0 atom stereocenters. The molecule has 0 saturated carbocycles. The Morgan fingerprint density at radius 3 is 1.52 bits per heavy atom. The minimum Gasteiger partial charge on any atom is -0.444 e. The summed E-state index contributed by atoms with van der Waals surface area (Å²) in [6, 6.07) is 0. The summed E-state index contributed by atoms with van der Waals surface area (Å²) >= 11 is 0. The molecule has 1 rings (SSSR count). The number of piperazine rings is 1. The normalized spacial score (nSPS) is 15.7. The molecule has 0 bridgehead atoms. The highest BCUT2D eigenvalue weighted by atomic mass is 16.6. The van der Waals surface area contributed by atoms with Crippen LogP contribution in [0.1, 0.15) is 118 Å². The topological polar surface area (TPSA) is 32.8 Å². The molecule has 1 aliphatic rings. The standard InChI is InChI=1S/C25H50N2O2/c1-5-6-7-8-9-10-11-12-13-14-15-16-17-18-19-26-20-22-27(23-21-26)24(28)29-25(2,3)4/h5-23H2,1-4H3. The molecule has 0 aliphatic carbocycles. The van der Waals surface area contributed by atoms with E-state index >= 15 is 0 Å². The number of hydrogen-bond acceptors (Lipinski definition) is 3. The molecule has 172 valence electrons. The lowest BCUT2D eigenvalue weighted by Crippen LogP contribution is -2.50. The van der Waals surface area contributed by atoms with E-state index in [1.165, 1.54) is 96.4 Å². The van der Waals surface area contributed by atoms with Crippen molar-refractivity contribution in [3.63, 3.8) is 0 Å². The van der Waals surface area contributed by atoms with Crippen molar-refractivity contribution in [3.8, 4) is 0 Å². The molecule has 0 unspecified atom stereocenters. The lowest BCUT2D eigenvalue weighted by atomic mass is 10.0. The summed E-state index contributed by atoms with van der Waals surface area (Å²) in [7, 11) is 0. The summed E-state index contributed by atoms with van der Waals surface area (Å²) in [5.41, 5.74) is -0.400. The third-order valence-electron chi connectivity index (χ3n) is 5.85. The van der Waals surface area contributed by atoms with Gasteiger partial charge in [0.1, 0.15) is 5.60 Å². The molecule has 1 aliphatic heterocycles. The van der Waals surface area contributed by atoms with Crippen LogP contribution >= 0.6 is 0 Å². The van der Waals surface area contributed by atoms with Gasteiger partial charge in [-0.25, -0.2) is 4.79 Å². The maximum atomic E-state index is 12.1. The quantitative estimate of drug-likeness (QED) is 0.272. The minimum atomic E-state index is -0.400. The van der Waals surface area contributed by atoms with Gasteiger partial charge >= 0.3 is 6.09 Å². The highest BCUT2D eigenvalue weighted by molar-refractivity contribution is 5.68. The Morgan fingerprint density at radius 2 is 1.10 bits per heavy atom. The third-order valence-corrected chi connectivity index (χ3v) is 5.85. The second kappa shape index (κ2) is 16.0. The fraction of sp³-hybridized carbons (Fsp3) is 0.960. The second-order valence-corrected chi connectivity index (χ2v) is 9.91. The van der Waals surface area contributed by atoms with Gasteiger partial charge in [-0.1, -0.05) is 90.4 Å². The number of rotatable bonds is 15. The Morgan fingerprint density at radius 1 is 0.690 bits per heavy atom. The van der Waals surface area contributed by atoms with Crippen LogP contribution in [0.15, 0.2) is 0 Å². The Hall–Kier alpha value is -0.770. The van der Waals surface area contributed by atoms with E-state index in [9.17, 15) is 4.79 Å². The highest BCUT2D eigenvalue weighted by Crippen LogP contribution is 2.14. The molecule has 1 heterocycles. The van der Waals surface area contributed by atoms with Crippen molar-refractivity contribution < 1.29 is 9.53 Å². The van der Waals surface area contributed by atoms with Crippen LogP contribution in [0.2, 0.25) is 0 Å². The molecule has 4 heteroatoms. The van der Waals surface area contributed by atoms with Crippen molar-refractivity contribution >= 4 is 6.09 Å². The smallest absolute Gasteiger partial charge is 0.410 e. The van der Waals surface area contributed by atoms with Gasteiger partial charge in [0, 0.05) is 26.2 Å². The zero-order valence-corrected chi connectivity index (χ0v) is 20.1. The van der Waals surface area contributed by atoms with Gasteiger partial charge in [-0.15, -0.1) is 0 Å². The maximum absolute atomic E-state index is 12.1.